The molecule has 1 unspecified atom stereocenters. The van der Waals surface area contributed by atoms with Crippen LogP contribution >= 0.6 is 11.6 Å². The van der Waals surface area contributed by atoms with Gasteiger partial charge in [0.1, 0.15) is 11.4 Å². The number of benzene rings is 2. The minimum absolute atomic E-state index is 0.231. The van der Waals surface area contributed by atoms with Crippen LogP contribution in [0, 0.1) is 0 Å². The number of amides is 1. The van der Waals surface area contributed by atoms with Crippen LogP contribution in [0.3, 0.4) is 0 Å². The van der Waals surface area contributed by atoms with Crippen LogP contribution in [-0.4, -0.2) is 36.6 Å². The van der Waals surface area contributed by atoms with Crippen molar-refractivity contribution in [2.75, 3.05) is 24.6 Å². The number of fused-ring (bicyclic) bond motifs is 1. The molecule has 31 heavy (non-hydrogen) atoms. The third-order valence-electron chi connectivity index (χ3n) is 5.41. The number of carbonyl (C=O) groups excluding carboxylic acids is 2. The van der Waals surface area contributed by atoms with E-state index in [1.807, 2.05) is 43.3 Å². The predicted octanol–water partition coefficient (Wildman–Crippen LogP) is 4.52. The second-order valence-electron chi connectivity index (χ2n) is 7.66. The van der Waals surface area contributed by atoms with Gasteiger partial charge in [0.25, 0.3) is 5.91 Å². The number of para-hydroxylation sites is 1. The lowest BCUT2D eigenvalue weighted by Crippen LogP contribution is -2.31. The lowest BCUT2D eigenvalue weighted by molar-refractivity contribution is -0.124. The van der Waals surface area contributed by atoms with Crippen LogP contribution in [0.25, 0.3) is 10.9 Å². The Kier molecular flexibility index (Phi) is 6.37. The van der Waals surface area contributed by atoms with Crippen LogP contribution in [0.5, 0.6) is 0 Å². The number of ether oxygens (including phenoxy) is 1. The standard InChI is InChI=1S/C24H24ClN3O3/c1-16(17-8-10-19(25)11-9-17)26-22(29)15-31-24(30)20-14-18-6-2-3-7-21(18)27-23(20)28-12-4-5-13-28/h2-3,6-11,14,16H,4-5,12-13,15H2,1H3,(H,26,29). The van der Waals surface area contributed by atoms with Gasteiger partial charge in [-0.25, -0.2) is 9.78 Å². The number of hydrogen-bond donors (Lipinski definition) is 1. The molecule has 3 aromatic rings. The van der Waals surface area contributed by atoms with Gasteiger partial charge in [0.05, 0.1) is 11.6 Å². The normalized spacial score (nSPS) is 14.5. The van der Waals surface area contributed by atoms with E-state index in [1.54, 1.807) is 18.2 Å². The average Bonchev–Trinajstić information content (AvgIpc) is 3.32. The number of rotatable bonds is 6. The molecule has 2 heterocycles. The quantitative estimate of drug-likeness (QED) is 0.574. The van der Waals surface area contributed by atoms with E-state index in [9.17, 15) is 9.59 Å². The summed E-state index contributed by atoms with van der Waals surface area (Å²) in [5, 5.41) is 4.33. The van der Waals surface area contributed by atoms with Crippen molar-refractivity contribution < 1.29 is 14.3 Å². The summed E-state index contributed by atoms with van der Waals surface area (Å²) >= 11 is 5.91. The highest BCUT2D eigenvalue weighted by atomic mass is 35.5. The number of esters is 1. The molecule has 0 spiro atoms. The molecule has 6 nitrogen and oxygen atoms in total. The molecule has 7 heteroatoms. The van der Waals surface area contributed by atoms with E-state index in [0.717, 1.165) is 42.4 Å². The summed E-state index contributed by atoms with van der Waals surface area (Å²) in [6.07, 6.45) is 2.13. The zero-order valence-electron chi connectivity index (χ0n) is 17.3. The number of nitrogens with zero attached hydrogens (tertiary/aromatic N) is 2. The minimum Gasteiger partial charge on any atom is -0.452 e. The topological polar surface area (TPSA) is 71.5 Å². The van der Waals surface area contributed by atoms with E-state index >= 15 is 0 Å². The second-order valence-corrected chi connectivity index (χ2v) is 8.10. The van der Waals surface area contributed by atoms with Gasteiger partial charge in [0.2, 0.25) is 0 Å². The summed E-state index contributed by atoms with van der Waals surface area (Å²) in [7, 11) is 0. The lowest BCUT2D eigenvalue weighted by atomic mass is 10.1. The summed E-state index contributed by atoms with van der Waals surface area (Å²) in [5.41, 5.74) is 2.13. The van der Waals surface area contributed by atoms with Crippen molar-refractivity contribution in [2.24, 2.45) is 0 Å². The molecule has 1 aromatic heterocycles. The van der Waals surface area contributed by atoms with Gasteiger partial charge < -0.3 is 15.0 Å². The van der Waals surface area contributed by atoms with Crippen molar-refractivity contribution in [1.29, 1.82) is 0 Å². The number of aromatic nitrogens is 1. The maximum absolute atomic E-state index is 12.9. The summed E-state index contributed by atoms with van der Waals surface area (Å²) < 4.78 is 5.36. The van der Waals surface area contributed by atoms with Crippen molar-refractivity contribution in [3.8, 4) is 0 Å². The molecule has 1 aliphatic heterocycles. The van der Waals surface area contributed by atoms with Gasteiger partial charge in [0.15, 0.2) is 6.61 Å². The smallest absolute Gasteiger partial charge is 0.342 e. The van der Waals surface area contributed by atoms with Crippen LogP contribution in [-0.2, 0) is 9.53 Å². The highest BCUT2D eigenvalue weighted by Crippen LogP contribution is 2.27. The van der Waals surface area contributed by atoms with Crippen LogP contribution in [0.1, 0.15) is 41.7 Å². The molecule has 0 radical (unpaired) electrons. The molecule has 2 aromatic carbocycles. The Morgan fingerprint density at radius 2 is 1.84 bits per heavy atom. The molecule has 0 aliphatic carbocycles. The first-order valence-electron chi connectivity index (χ1n) is 10.4. The first-order chi connectivity index (χ1) is 15.0. The van der Waals surface area contributed by atoms with Crippen LogP contribution in [0.2, 0.25) is 5.02 Å². The number of nitrogens with one attached hydrogen (secondary N) is 1. The van der Waals surface area contributed by atoms with E-state index < -0.39 is 5.97 Å². The first-order valence-corrected chi connectivity index (χ1v) is 10.8. The van der Waals surface area contributed by atoms with Crippen LogP contribution in [0.4, 0.5) is 5.82 Å². The van der Waals surface area contributed by atoms with E-state index in [1.165, 1.54) is 0 Å². The Morgan fingerprint density at radius 1 is 1.13 bits per heavy atom. The maximum atomic E-state index is 12.9. The maximum Gasteiger partial charge on any atom is 0.342 e. The first kappa shape index (κ1) is 21.1. The number of pyridine rings is 1. The van der Waals surface area contributed by atoms with Gasteiger partial charge in [0, 0.05) is 23.5 Å². The molecule has 1 saturated heterocycles. The molecule has 0 saturated carbocycles. The third-order valence-corrected chi connectivity index (χ3v) is 5.66. The minimum atomic E-state index is -0.547. The molecule has 4 rings (SSSR count). The lowest BCUT2D eigenvalue weighted by Gasteiger charge is -2.20. The Bertz CT molecular complexity index is 1090. The molecule has 1 amide bonds. The summed E-state index contributed by atoms with van der Waals surface area (Å²) in [4.78, 5) is 32.0. The van der Waals surface area contributed by atoms with E-state index in [0.29, 0.717) is 16.4 Å². The summed E-state index contributed by atoms with van der Waals surface area (Å²) in [5.74, 6) is -0.294. The number of carbonyl (C=O) groups is 2. The molecule has 0 bridgehead atoms. The van der Waals surface area contributed by atoms with E-state index in [2.05, 4.69) is 10.2 Å². The van der Waals surface area contributed by atoms with Gasteiger partial charge in [-0.3, -0.25) is 4.79 Å². The summed E-state index contributed by atoms with van der Waals surface area (Å²) in [6.45, 7) is 3.21. The van der Waals surface area contributed by atoms with Crippen molar-refractivity contribution in [2.45, 2.75) is 25.8 Å². The Balaban J connectivity index is 1.45. The van der Waals surface area contributed by atoms with Gasteiger partial charge >= 0.3 is 5.97 Å². The highest BCUT2D eigenvalue weighted by Gasteiger charge is 2.23. The largest absolute Gasteiger partial charge is 0.452 e. The van der Waals surface area contributed by atoms with Crippen molar-refractivity contribution in [1.82, 2.24) is 10.3 Å². The van der Waals surface area contributed by atoms with Gasteiger partial charge in [-0.1, -0.05) is 41.9 Å². The fourth-order valence-electron chi connectivity index (χ4n) is 3.75. The second kappa shape index (κ2) is 9.35. The number of anilines is 1. The molecule has 1 N–H and O–H groups in total. The fourth-order valence-corrected chi connectivity index (χ4v) is 3.88. The van der Waals surface area contributed by atoms with Gasteiger partial charge in [-0.15, -0.1) is 0 Å². The van der Waals surface area contributed by atoms with Crippen molar-refractivity contribution in [3.63, 3.8) is 0 Å². The molecular weight excluding hydrogens is 414 g/mol. The van der Waals surface area contributed by atoms with Crippen LogP contribution in [0.15, 0.2) is 54.6 Å². The Hall–Kier alpha value is -3.12. The zero-order chi connectivity index (χ0) is 21.8. The third kappa shape index (κ3) is 4.97. The molecule has 160 valence electrons. The fraction of sp³-hybridized carbons (Fsp3) is 0.292. The zero-order valence-corrected chi connectivity index (χ0v) is 18.1. The predicted molar refractivity (Wildman–Crippen MR) is 121 cm³/mol. The molecule has 1 aliphatic rings. The van der Waals surface area contributed by atoms with Gasteiger partial charge in [-0.2, -0.15) is 0 Å². The van der Waals surface area contributed by atoms with Crippen LogP contribution < -0.4 is 10.2 Å². The Labute approximate surface area is 186 Å². The highest BCUT2D eigenvalue weighted by molar-refractivity contribution is 6.30. The van der Waals surface area contributed by atoms with E-state index in [4.69, 9.17) is 21.3 Å². The SMILES string of the molecule is CC(NC(=O)COC(=O)c1cc2ccccc2nc1N1CCCC1)c1ccc(Cl)cc1. The average molecular weight is 438 g/mol. The Morgan fingerprint density at radius 3 is 2.58 bits per heavy atom. The van der Waals surface area contributed by atoms with E-state index in [-0.39, 0.29) is 18.6 Å². The van der Waals surface area contributed by atoms with Gasteiger partial charge in [-0.05, 0) is 49.6 Å². The molecule has 1 atom stereocenters. The molecule has 1 fully saturated rings. The monoisotopic (exact) mass is 437 g/mol. The summed E-state index contributed by atoms with van der Waals surface area (Å²) in [6, 6.07) is 16.5. The van der Waals surface area contributed by atoms with Crippen molar-refractivity contribution in [3.05, 3.63) is 70.7 Å². The number of halogens is 1. The molecular formula is C24H24ClN3O3. The number of hydrogen-bond acceptors (Lipinski definition) is 5. The van der Waals surface area contributed by atoms with Crippen molar-refractivity contribution >= 4 is 40.2 Å².